The van der Waals surface area contributed by atoms with Gasteiger partial charge in [0.2, 0.25) is 0 Å². The fraction of sp³-hybridized carbons (Fsp3) is 0.200. The van der Waals surface area contributed by atoms with Crippen LogP contribution in [-0.2, 0) is 0 Å². The standard InChI is InChI=1S/C25H23F2N3O3S/c1-25(2,3)29-24(31)30-34-22-13-16(15-28)7-12-21(22)32-20-6-4-5-18(14-20)17-8-10-19(11-9-17)33-23(26)27/h4-14,23H,1-3H3,(H2,29,30,31). The third-order valence-electron chi connectivity index (χ3n) is 4.29. The van der Waals surface area contributed by atoms with E-state index in [0.717, 1.165) is 23.1 Å². The smallest absolute Gasteiger partial charge is 0.387 e. The lowest BCUT2D eigenvalue weighted by Crippen LogP contribution is -2.44. The zero-order chi connectivity index (χ0) is 24.7. The quantitative estimate of drug-likeness (QED) is 0.364. The lowest BCUT2D eigenvalue weighted by atomic mass is 10.1. The third kappa shape index (κ3) is 7.39. The summed E-state index contributed by atoms with van der Waals surface area (Å²) in [5, 5.41) is 12.1. The number of carbonyl (C=O) groups is 1. The van der Waals surface area contributed by atoms with Gasteiger partial charge in [0.15, 0.2) is 0 Å². The van der Waals surface area contributed by atoms with E-state index in [0.29, 0.717) is 22.0 Å². The van der Waals surface area contributed by atoms with Crippen LogP contribution in [0.15, 0.2) is 71.6 Å². The first-order valence-electron chi connectivity index (χ1n) is 10.3. The summed E-state index contributed by atoms with van der Waals surface area (Å²) >= 11 is 1.04. The predicted octanol–water partition coefficient (Wildman–Crippen LogP) is 6.72. The van der Waals surface area contributed by atoms with E-state index in [9.17, 15) is 18.8 Å². The molecule has 0 atom stereocenters. The first-order chi connectivity index (χ1) is 16.1. The number of hydrogen-bond acceptors (Lipinski definition) is 5. The molecule has 34 heavy (non-hydrogen) atoms. The van der Waals surface area contributed by atoms with Crippen LogP contribution in [0.3, 0.4) is 0 Å². The molecule has 0 saturated carbocycles. The summed E-state index contributed by atoms with van der Waals surface area (Å²) < 4.78 is 37.9. The number of urea groups is 1. The number of amides is 2. The minimum absolute atomic E-state index is 0.0772. The predicted molar refractivity (Wildman–Crippen MR) is 127 cm³/mol. The van der Waals surface area contributed by atoms with Gasteiger partial charge in [-0.2, -0.15) is 14.0 Å². The Balaban J connectivity index is 1.78. The van der Waals surface area contributed by atoms with Crippen molar-refractivity contribution >= 4 is 18.0 Å². The number of benzene rings is 3. The molecule has 0 saturated heterocycles. The van der Waals surface area contributed by atoms with Gasteiger partial charge in [0.05, 0.1) is 16.5 Å². The summed E-state index contributed by atoms with van der Waals surface area (Å²) in [4.78, 5) is 12.7. The molecule has 0 unspecified atom stereocenters. The molecule has 0 radical (unpaired) electrons. The van der Waals surface area contributed by atoms with Crippen LogP contribution in [0.25, 0.3) is 11.1 Å². The Morgan fingerprint density at radius 1 is 1.00 bits per heavy atom. The van der Waals surface area contributed by atoms with Crippen LogP contribution >= 0.6 is 11.9 Å². The molecule has 9 heteroatoms. The van der Waals surface area contributed by atoms with Gasteiger partial charge < -0.3 is 14.8 Å². The SMILES string of the molecule is CC(C)(C)NC(=O)NSc1cc(C#N)ccc1Oc1cccc(-c2ccc(OC(F)F)cc2)c1. The molecular weight excluding hydrogens is 460 g/mol. The highest BCUT2D eigenvalue weighted by molar-refractivity contribution is 7.98. The second kappa shape index (κ2) is 10.9. The Morgan fingerprint density at radius 2 is 1.74 bits per heavy atom. The van der Waals surface area contributed by atoms with Crippen molar-refractivity contribution in [2.75, 3.05) is 0 Å². The molecule has 3 aromatic carbocycles. The van der Waals surface area contributed by atoms with Crippen molar-refractivity contribution in [1.82, 2.24) is 10.0 Å². The molecule has 0 aliphatic carbocycles. The van der Waals surface area contributed by atoms with Crippen LogP contribution in [0.4, 0.5) is 13.6 Å². The molecule has 0 fully saturated rings. The van der Waals surface area contributed by atoms with Crippen LogP contribution in [0.2, 0.25) is 0 Å². The van der Waals surface area contributed by atoms with Crippen molar-refractivity contribution in [1.29, 1.82) is 5.26 Å². The van der Waals surface area contributed by atoms with E-state index in [1.54, 1.807) is 48.5 Å². The number of halogens is 2. The highest BCUT2D eigenvalue weighted by atomic mass is 32.2. The van der Waals surface area contributed by atoms with Gasteiger partial charge in [-0.3, -0.25) is 4.72 Å². The number of rotatable bonds is 7. The zero-order valence-electron chi connectivity index (χ0n) is 18.8. The second-order valence-corrected chi connectivity index (χ2v) is 9.06. The van der Waals surface area contributed by atoms with Gasteiger partial charge >= 0.3 is 12.6 Å². The van der Waals surface area contributed by atoms with Crippen LogP contribution < -0.4 is 19.5 Å². The van der Waals surface area contributed by atoms with Gasteiger partial charge in [0.1, 0.15) is 17.2 Å². The summed E-state index contributed by atoms with van der Waals surface area (Å²) in [6.07, 6.45) is 0. The van der Waals surface area contributed by atoms with Crippen LogP contribution in [0.5, 0.6) is 17.2 Å². The highest BCUT2D eigenvalue weighted by Gasteiger charge is 2.15. The van der Waals surface area contributed by atoms with Gasteiger partial charge in [-0.25, -0.2) is 4.79 Å². The van der Waals surface area contributed by atoms with E-state index >= 15 is 0 Å². The Kier molecular flexibility index (Phi) is 7.97. The van der Waals surface area contributed by atoms with E-state index in [4.69, 9.17) is 4.74 Å². The molecular formula is C25H23F2N3O3S. The monoisotopic (exact) mass is 483 g/mol. The van der Waals surface area contributed by atoms with Crippen molar-refractivity contribution in [2.45, 2.75) is 37.8 Å². The fourth-order valence-corrected chi connectivity index (χ4v) is 3.55. The minimum atomic E-state index is -2.88. The van der Waals surface area contributed by atoms with Crippen molar-refractivity contribution in [3.05, 3.63) is 72.3 Å². The lowest BCUT2D eigenvalue weighted by molar-refractivity contribution is -0.0498. The van der Waals surface area contributed by atoms with E-state index in [2.05, 4.69) is 20.8 Å². The van der Waals surface area contributed by atoms with Crippen molar-refractivity contribution in [3.63, 3.8) is 0 Å². The van der Waals surface area contributed by atoms with Gasteiger partial charge in [-0.05, 0) is 86.3 Å². The Hall–Kier alpha value is -3.77. The largest absolute Gasteiger partial charge is 0.456 e. The normalized spacial score (nSPS) is 11.0. The van der Waals surface area contributed by atoms with Crippen molar-refractivity contribution in [3.8, 4) is 34.4 Å². The topological polar surface area (TPSA) is 83.4 Å². The van der Waals surface area contributed by atoms with E-state index in [1.807, 2.05) is 26.8 Å². The number of nitrogens with zero attached hydrogens (tertiary/aromatic N) is 1. The van der Waals surface area contributed by atoms with Crippen LogP contribution in [-0.4, -0.2) is 18.2 Å². The Morgan fingerprint density at radius 3 is 2.38 bits per heavy atom. The highest BCUT2D eigenvalue weighted by Crippen LogP contribution is 2.34. The molecule has 6 nitrogen and oxygen atoms in total. The van der Waals surface area contributed by atoms with E-state index < -0.39 is 12.2 Å². The summed E-state index contributed by atoms with van der Waals surface area (Å²) in [5.74, 6) is 1.06. The molecule has 2 amide bonds. The molecule has 3 rings (SSSR count). The first-order valence-corrected chi connectivity index (χ1v) is 11.1. The summed E-state index contributed by atoms with van der Waals surface area (Å²) in [7, 11) is 0. The maximum absolute atomic E-state index is 12.4. The first kappa shape index (κ1) is 24.9. The molecule has 0 aliphatic rings. The van der Waals surface area contributed by atoms with Crippen molar-refractivity contribution < 1.29 is 23.0 Å². The number of nitrogens with one attached hydrogen (secondary N) is 2. The second-order valence-electron chi connectivity index (χ2n) is 8.21. The number of carbonyl (C=O) groups excluding carboxylic acids is 1. The lowest BCUT2D eigenvalue weighted by Gasteiger charge is -2.20. The average molecular weight is 484 g/mol. The molecule has 0 aromatic heterocycles. The average Bonchev–Trinajstić information content (AvgIpc) is 2.77. The number of hydrogen-bond donors (Lipinski definition) is 2. The summed E-state index contributed by atoms with van der Waals surface area (Å²) in [6, 6.07) is 20.2. The van der Waals surface area contributed by atoms with Gasteiger partial charge in [-0.15, -0.1) is 0 Å². The molecule has 3 aromatic rings. The minimum Gasteiger partial charge on any atom is -0.456 e. The van der Waals surface area contributed by atoms with Crippen LogP contribution in [0.1, 0.15) is 26.3 Å². The fourth-order valence-electron chi connectivity index (χ4n) is 2.90. The molecule has 2 N–H and O–H groups in total. The van der Waals surface area contributed by atoms with Crippen molar-refractivity contribution in [2.24, 2.45) is 0 Å². The molecule has 0 heterocycles. The van der Waals surface area contributed by atoms with E-state index in [-0.39, 0.29) is 11.8 Å². The third-order valence-corrected chi connectivity index (χ3v) is 5.12. The maximum Gasteiger partial charge on any atom is 0.387 e. The molecule has 176 valence electrons. The van der Waals surface area contributed by atoms with E-state index in [1.165, 1.54) is 12.1 Å². The number of alkyl halides is 2. The van der Waals surface area contributed by atoms with Gasteiger partial charge in [0, 0.05) is 5.54 Å². The number of ether oxygens (including phenoxy) is 2. The van der Waals surface area contributed by atoms with Crippen LogP contribution in [0, 0.1) is 11.3 Å². The van der Waals surface area contributed by atoms with Gasteiger partial charge in [0.25, 0.3) is 0 Å². The zero-order valence-corrected chi connectivity index (χ0v) is 19.6. The Bertz CT molecular complexity index is 1190. The Labute approximate surface area is 201 Å². The molecule has 0 bridgehead atoms. The van der Waals surface area contributed by atoms with Gasteiger partial charge in [-0.1, -0.05) is 24.3 Å². The summed E-state index contributed by atoms with van der Waals surface area (Å²) in [5.41, 5.74) is 1.63. The number of nitriles is 1. The summed E-state index contributed by atoms with van der Waals surface area (Å²) in [6.45, 7) is 2.73. The molecule has 0 aliphatic heterocycles. The maximum atomic E-state index is 12.4. The molecule has 0 spiro atoms.